The van der Waals surface area contributed by atoms with Crippen LogP contribution in [0.15, 0.2) is 16.7 Å². The normalized spacial score (nSPS) is 14.5. The van der Waals surface area contributed by atoms with Crippen molar-refractivity contribution >= 4 is 21.8 Å². The Balaban J connectivity index is 1.64. The van der Waals surface area contributed by atoms with E-state index in [1.54, 1.807) is 6.20 Å². The van der Waals surface area contributed by atoms with E-state index in [0.29, 0.717) is 18.2 Å². The number of carbonyl (C=O) groups excluding carboxylic acids is 1. The molecule has 1 fully saturated rings. The topological polar surface area (TPSA) is 75.6 Å². The molecule has 0 aliphatic heterocycles. The lowest BCUT2D eigenvalue weighted by atomic mass is 10.2. The van der Waals surface area contributed by atoms with E-state index >= 15 is 0 Å². The van der Waals surface area contributed by atoms with E-state index in [1.165, 1.54) is 12.8 Å². The van der Waals surface area contributed by atoms with Gasteiger partial charge in [0.15, 0.2) is 0 Å². The van der Waals surface area contributed by atoms with Gasteiger partial charge in [-0.25, -0.2) is 0 Å². The van der Waals surface area contributed by atoms with E-state index in [2.05, 4.69) is 36.5 Å². The van der Waals surface area contributed by atoms with E-state index in [-0.39, 0.29) is 5.91 Å². The number of aromatic nitrogens is 4. The second-order valence-electron chi connectivity index (χ2n) is 4.92. The van der Waals surface area contributed by atoms with Gasteiger partial charge in [0.05, 0.1) is 22.9 Å². The number of amides is 1. The molecule has 1 aliphatic carbocycles. The second-order valence-corrected chi connectivity index (χ2v) is 5.77. The quantitative estimate of drug-likeness (QED) is 0.878. The lowest BCUT2D eigenvalue weighted by Crippen LogP contribution is -2.25. The Hall–Kier alpha value is -1.63. The Labute approximate surface area is 125 Å². The SMILES string of the molecule is CCn1ncc(Br)c1CNC(=O)c1cc(C2CC2)[nH]n1. The first-order valence-corrected chi connectivity index (χ1v) is 7.52. The van der Waals surface area contributed by atoms with Crippen LogP contribution in [0.1, 0.15) is 47.6 Å². The van der Waals surface area contributed by atoms with Gasteiger partial charge in [-0.15, -0.1) is 0 Å². The van der Waals surface area contributed by atoms with Crippen LogP contribution in [-0.4, -0.2) is 25.9 Å². The van der Waals surface area contributed by atoms with Crippen LogP contribution < -0.4 is 5.32 Å². The fourth-order valence-corrected chi connectivity index (χ4v) is 2.58. The third kappa shape index (κ3) is 2.63. The van der Waals surface area contributed by atoms with Crippen molar-refractivity contribution in [3.8, 4) is 0 Å². The summed E-state index contributed by atoms with van der Waals surface area (Å²) in [5.74, 6) is 0.406. The monoisotopic (exact) mass is 337 g/mol. The third-order valence-electron chi connectivity index (χ3n) is 3.46. The zero-order valence-corrected chi connectivity index (χ0v) is 12.8. The van der Waals surface area contributed by atoms with Gasteiger partial charge in [-0.3, -0.25) is 14.6 Å². The fourth-order valence-electron chi connectivity index (χ4n) is 2.15. The molecule has 2 aromatic heterocycles. The minimum absolute atomic E-state index is 0.163. The van der Waals surface area contributed by atoms with Gasteiger partial charge in [0.25, 0.3) is 5.91 Å². The largest absolute Gasteiger partial charge is 0.345 e. The van der Waals surface area contributed by atoms with E-state index in [0.717, 1.165) is 22.4 Å². The van der Waals surface area contributed by atoms with Gasteiger partial charge in [-0.2, -0.15) is 10.2 Å². The summed E-state index contributed by atoms with van der Waals surface area (Å²) in [4.78, 5) is 12.1. The number of rotatable bonds is 5. The van der Waals surface area contributed by atoms with Crippen molar-refractivity contribution in [1.82, 2.24) is 25.3 Å². The summed E-state index contributed by atoms with van der Waals surface area (Å²) in [5, 5.41) is 14.1. The summed E-state index contributed by atoms with van der Waals surface area (Å²) in [7, 11) is 0. The van der Waals surface area contributed by atoms with Gasteiger partial charge in [0.1, 0.15) is 5.69 Å². The number of aromatic amines is 1. The highest BCUT2D eigenvalue weighted by Gasteiger charge is 2.26. The molecule has 2 heterocycles. The summed E-state index contributed by atoms with van der Waals surface area (Å²) in [5.41, 5.74) is 2.47. The van der Waals surface area contributed by atoms with E-state index < -0.39 is 0 Å². The van der Waals surface area contributed by atoms with Gasteiger partial charge in [0.2, 0.25) is 0 Å². The van der Waals surface area contributed by atoms with Crippen molar-refractivity contribution in [1.29, 1.82) is 0 Å². The summed E-state index contributed by atoms with van der Waals surface area (Å²) in [6.45, 7) is 3.21. The lowest BCUT2D eigenvalue weighted by molar-refractivity contribution is 0.0945. The third-order valence-corrected chi connectivity index (χ3v) is 4.12. The molecule has 2 aromatic rings. The molecule has 0 aromatic carbocycles. The molecule has 0 atom stereocenters. The molecule has 0 radical (unpaired) electrons. The van der Waals surface area contributed by atoms with Crippen molar-refractivity contribution in [3.05, 3.63) is 33.8 Å². The summed E-state index contributed by atoms with van der Waals surface area (Å²) in [6.07, 6.45) is 4.11. The molecule has 106 valence electrons. The van der Waals surface area contributed by atoms with Crippen LogP contribution >= 0.6 is 15.9 Å². The lowest BCUT2D eigenvalue weighted by Gasteiger charge is -2.06. The number of hydrogen-bond donors (Lipinski definition) is 2. The highest BCUT2D eigenvalue weighted by atomic mass is 79.9. The summed E-state index contributed by atoms with van der Waals surface area (Å²) >= 11 is 3.44. The first-order valence-electron chi connectivity index (χ1n) is 6.72. The zero-order valence-electron chi connectivity index (χ0n) is 11.2. The van der Waals surface area contributed by atoms with E-state index in [1.807, 2.05) is 17.7 Å². The van der Waals surface area contributed by atoms with E-state index in [9.17, 15) is 4.79 Å². The number of nitrogens with zero attached hydrogens (tertiary/aromatic N) is 3. The maximum absolute atomic E-state index is 12.1. The molecular formula is C13H16BrN5O. The fraction of sp³-hybridized carbons (Fsp3) is 0.462. The molecule has 0 saturated heterocycles. The Morgan fingerprint density at radius 3 is 3.10 bits per heavy atom. The number of nitrogens with one attached hydrogen (secondary N) is 2. The highest BCUT2D eigenvalue weighted by Crippen LogP contribution is 2.38. The van der Waals surface area contributed by atoms with Gasteiger partial charge in [-0.05, 0) is 41.8 Å². The molecule has 0 bridgehead atoms. The van der Waals surface area contributed by atoms with Gasteiger partial charge in [0, 0.05) is 18.2 Å². The molecule has 7 heteroatoms. The van der Waals surface area contributed by atoms with Crippen LogP contribution in [0.4, 0.5) is 0 Å². The Morgan fingerprint density at radius 1 is 1.60 bits per heavy atom. The van der Waals surface area contributed by atoms with Gasteiger partial charge in [-0.1, -0.05) is 0 Å². The number of carbonyl (C=O) groups is 1. The first kappa shape index (κ1) is 13.4. The van der Waals surface area contributed by atoms with Crippen LogP contribution in [0.3, 0.4) is 0 Å². The van der Waals surface area contributed by atoms with Crippen molar-refractivity contribution in [2.75, 3.05) is 0 Å². The molecule has 3 rings (SSSR count). The molecule has 0 unspecified atom stereocenters. The average molecular weight is 338 g/mol. The molecule has 6 nitrogen and oxygen atoms in total. The zero-order chi connectivity index (χ0) is 14.1. The second kappa shape index (κ2) is 5.40. The Kier molecular flexibility index (Phi) is 3.60. The van der Waals surface area contributed by atoms with Gasteiger partial charge >= 0.3 is 0 Å². The average Bonchev–Trinajstić information content (AvgIpc) is 3.07. The van der Waals surface area contributed by atoms with E-state index in [4.69, 9.17) is 0 Å². The van der Waals surface area contributed by atoms with Gasteiger partial charge < -0.3 is 5.32 Å². The molecule has 20 heavy (non-hydrogen) atoms. The van der Waals surface area contributed by atoms with Crippen molar-refractivity contribution < 1.29 is 4.79 Å². The molecular weight excluding hydrogens is 322 g/mol. The Morgan fingerprint density at radius 2 is 2.40 bits per heavy atom. The highest BCUT2D eigenvalue weighted by molar-refractivity contribution is 9.10. The van der Waals surface area contributed by atoms with Crippen LogP contribution in [0, 0.1) is 0 Å². The molecule has 1 amide bonds. The predicted octanol–water partition coefficient (Wildman–Crippen LogP) is 2.20. The van der Waals surface area contributed by atoms with Crippen LogP contribution in [-0.2, 0) is 13.1 Å². The first-order chi connectivity index (χ1) is 9.69. The van der Waals surface area contributed by atoms with Crippen molar-refractivity contribution in [2.24, 2.45) is 0 Å². The summed E-state index contributed by atoms with van der Waals surface area (Å²) in [6, 6.07) is 1.85. The maximum atomic E-state index is 12.1. The Bertz CT molecular complexity index is 628. The minimum Gasteiger partial charge on any atom is -0.345 e. The number of aryl methyl sites for hydroxylation is 1. The molecule has 1 aliphatic rings. The van der Waals surface area contributed by atoms with Crippen LogP contribution in [0.2, 0.25) is 0 Å². The number of hydrogen-bond acceptors (Lipinski definition) is 3. The maximum Gasteiger partial charge on any atom is 0.272 e. The van der Waals surface area contributed by atoms with Crippen molar-refractivity contribution in [2.45, 2.75) is 38.8 Å². The predicted molar refractivity (Wildman–Crippen MR) is 77.3 cm³/mol. The summed E-state index contributed by atoms with van der Waals surface area (Å²) < 4.78 is 2.75. The smallest absolute Gasteiger partial charge is 0.272 e. The van der Waals surface area contributed by atoms with Crippen molar-refractivity contribution in [3.63, 3.8) is 0 Å². The standard InChI is InChI=1S/C13H16BrN5O/c1-2-19-12(9(14)6-16-19)7-15-13(20)11-5-10(17-18-11)8-3-4-8/h5-6,8H,2-4,7H2,1H3,(H,15,20)(H,17,18). The minimum atomic E-state index is -0.163. The molecule has 2 N–H and O–H groups in total. The van der Waals surface area contributed by atoms with Crippen LogP contribution in [0.25, 0.3) is 0 Å². The molecule has 1 saturated carbocycles. The number of halogens is 1. The number of H-pyrrole nitrogens is 1. The van der Waals surface area contributed by atoms with Crippen LogP contribution in [0.5, 0.6) is 0 Å². The molecule has 0 spiro atoms.